The topological polar surface area (TPSA) is 95.7 Å². The largest absolute Gasteiger partial charge is 0.370 e. The number of amides is 3. The number of benzene rings is 1. The van der Waals surface area contributed by atoms with E-state index in [0.717, 1.165) is 6.42 Å². The zero-order valence-corrected chi connectivity index (χ0v) is 16.3. The molecule has 7 nitrogen and oxygen atoms in total. The lowest BCUT2D eigenvalue weighted by Crippen LogP contribution is -2.46. The molecule has 0 bridgehead atoms. The van der Waals surface area contributed by atoms with Crippen LogP contribution in [-0.4, -0.2) is 55.3 Å². The average Bonchev–Trinajstić information content (AvgIpc) is 2.68. The molecule has 8 heteroatoms. The van der Waals surface area contributed by atoms with Crippen molar-refractivity contribution in [3.8, 4) is 0 Å². The van der Waals surface area contributed by atoms with Gasteiger partial charge in [-0.2, -0.15) is 0 Å². The molecule has 2 rings (SSSR count). The van der Waals surface area contributed by atoms with E-state index in [1.54, 1.807) is 0 Å². The smallest absolute Gasteiger partial charge is 0.241 e. The minimum Gasteiger partial charge on any atom is -0.370 e. The summed E-state index contributed by atoms with van der Waals surface area (Å²) in [4.78, 5) is 39.5. The molecule has 28 heavy (non-hydrogen) atoms. The van der Waals surface area contributed by atoms with Crippen molar-refractivity contribution in [2.45, 2.75) is 32.6 Å². The van der Waals surface area contributed by atoms with Gasteiger partial charge in [0.2, 0.25) is 17.7 Å². The number of rotatable bonds is 9. The molecule has 1 aromatic rings. The summed E-state index contributed by atoms with van der Waals surface area (Å²) in [6.45, 7) is 4.34. The van der Waals surface area contributed by atoms with Gasteiger partial charge < -0.3 is 16.0 Å². The van der Waals surface area contributed by atoms with Crippen LogP contribution in [0.3, 0.4) is 0 Å². The van der Waals surface area contributed by atoms with Gasteiger partial charge >= 0.3 is 0 Å². The van der Waals surface area contributed by atoms with Crippen LogP contribution < -0.4 is 16.0 Å². The van der Waals surface area contributed by atoms with Crippen LogP contribution in [0.25, 0.3) is 0 Å². The Hall–Kier alpha value is -2.48. The summed E-state index contributed by atoms with van der Waals surface area (Å²) in [5, 5.41) is 2.92. The number of anilines is 1. The number of hydrogen-bond acceptors (Lipinski definition) is 4. The summed E-state index contributed by atoms with van der Waals surface area (Å²) in [7, 11) is 0. The highest BCUT2D eigenvalue weighted by Crippen LogP contribution is 2.19. The summed E-state index contributed by atoms with van der Waals surface area (Å²) < 4.78 is 13.2. The highest BCUT2D eigenvalue weighted by atomic mass is 19.1. The van der Waals surface area contributed by atoms with Gasteiger partial charge in [0.05, 0.1) is 6.54 Å². The predicted octanol–water partition coefficient (Wildman–Crippen LogP) is 1.27. The Morgan fingerprint density at radius 2 is 1.86 bits per heavy atom. The predicted molar refractivity (Wildman–Crippen MR) is 105 cm³/mol. The van der Waals surface area contributed by atoms with Gasteiger partial charge in [0.15, 0.2) is 0 Å². The van der Waals surface area contributed by atoms with Crippen molar-refractivity contribution in [2.75, 3.05) is 37.6 Å². The summed E-state index contributed by atoms with van der Waals surface area (Å²) >= 11 is 0. The lowest BCUT2D eigenvalue weighted by molar-refractivity contribution is -0.126. The Morgan fingerprint density at radius 3 is 2.43 bits per heavy atom. The first-order valence-corrected chi connectivity index (χ1v) is 9.75. The summed E-state index contributed by atoms with van der Waals surface area (Å²) in [6.07, 6.45) is 2.35. The van der Waals surface area contributed by atoms with Crippen LogP contribution in [0.5, 0.6) is 0 Å². The molecule has 1 saturated heterocycles. The van der Waals surface area contributed by atoms with Gasteiger partial charge in [-0.1, -0.05) is 6.92 Å². The highest BCUT2D eigenvalue weighted by molar-refractivity contribution is 5.95. The van der Waals surface area contributed by atoms with E-state index >= 15 is 0 Å². The first-order chi connectivity index (χ1) is 13.4. The zero-order valence-electron chi connectivity index (χ0n) is 16.3. The molecule has 1 aromatic carbocycles. The second-order valence-electron chi connectivity index (χ2n) is 7.08. The SMILES string of the molecule is CCCNC(=O)C1CCN(CC(=O)N(CCC(N)=O)c2ccc(F)cc2)CC1. The van der Waals surface area contributed by atoms with E-state index in [0.29, 0.717) is 38.2 Å². The van der Waals surface area contributed by atoms with Crippen LogP contribution in [0.4, 0.5) is 10.1 Å². The molecule has 3 N–H and O–H groups in total. The van der Waals surface area contributed by atoms with Crippen LogP contribution in [-0.2, 0) is 14.4 Å². The van der Waals surface area contributed by atoms with E-state index in [1.165, 1.54) is 29.2 Å². The Balaban J connectivity index is 1.93. The first kappa shape index (κ1) is 21.8. The van der Waals surface area contributed by atoms with Crippen molar-refractivity contribution in [1.82, 2.24) is 10.2 Å². The normalized spacial score (nSPS) is 15.2. The molecular formula is C20H29FN4O3. The maximum Gasteiger partial charge on any atom is 0.241 e. The van der Waals surface area contributed by atoms with Crippen molar-refractivity contribution < 1.29 is 18.8 Å². The van der Waals surface area contributed by atoms with Crippen LogP contribution >= 0.6 is 0 Å². The Labute approximate surface area is 165 Å². The molecule has 154 valence electrons. The molecule has 3 amide bonds. The minimum absolute atomic E-state index is 0.0130. The minimum atomic E-state index is -0.501. The van der Waals surface area contributed by atoms with E-state index < -0.39 is 11.7 Å². The molecule has 1 fully saturated rings. The maximum absolute atomic E-state index is 13.2. The monoisotopic (exact) mass is 392 g/mol. The quantitative estimate of drug-likeness (QED) is 0.662. The number of nitrogens with one attached hydrogen (secondary N) is 1. The van der Waals surface area contributed by atoms with Crippen molar-refractivity contribution in [1.29, 1.82) is 0 Å². The van der Waals surface area contributed by atoms with E-state index in [9.17, 15) is 18.8 Å². The van der Waals surface area contributed by atoms with E-state index in [1.807, 2.05) is 11.8 Å². The van der Waals surface area contributed by atoms with Gasteiger partial charge in [-0.25, -0.2) is 4.39 Å². The number of primary amides is 1. The zero-order chi connectivity index (χ0) is 20.5. The van der Waals surface area contributed by atoms with Gasteiger partial charge in [-0.3, -0.25) is 19.3 Å². The second kappa shape index (κ2) is 10.8. The third-order valence-corrected chi connectivity index (χ3v) is 4.89. The molecule has 0 aliphatic carbocycles. The summed E-state index contributed by atoms with van der Waals surface area (Å²) in [5.41, 5.74) is 5.75. The molecule has 1 heterocycles. The molecule has 0 radical (unpaired) electrons. The number of carbonyl (C=O) groups is 3. The number of carbonyl (C=O) groups excluding carboxylic acids is 3. The maximum atomic E-state index is 13.2. The van der Waals surface area contributed by atoms with Crippen molar-refractivity contribution in [3.05, 3.63) is 30.1 Å². The van der Waals surface area contributed by atoms with Gasteiger partial charge in [0.25, 0.3) is 0 Å². The molecular weight excluding hydrogens is 363 g/mol. The molecule has 0 saturated carbocycles. The van der Waals surface area contributed by atoms with E-state index in [4.69, 9.17) is 5.73 Å². The summed E-state index contributed by atoms with van der Waals surface area (Å²) in [5.74, 6) is -1.00. The fourth-order valence-corrected chi connectivity index (χ4v) is 3.26. The number of piperidine rings is 1. The molecule has 0 aromatic heterocycles. The number of halogens is 1. The van der Waals surface area contributed by atoms with Crippen LogP contribution in [0.1, 0.15) is 32.6 Å². The highest BCUT2D eigenvalue weighted by Gasteiger charge is 2.27. The molecule has 0 atom stereocenters. The Bertz CT molecular complexity index is 673. The van der Waals surface area contributed by atoms with Crippen molar-refractivity contribution >= 4 is 23.4 Å². The van der Waals surface area contributed by atoms with Crippen LogP contribution in [0.2, 0.25) is 0 Å². The van der Waals surface area contributed by atoms with E-state index in [2.05, 4.69) is 5.32 Å². The Kier molecular flexibility index (Phi) is 8.38. The standard InChI is InChI=1S/C20H29FN4O3/c1-2-10-23-20(28)15-7-11-24(12-8-15)14-19(27)25(13-9-18(22)26)17-5-3-16(21)4-6-17/h3-6,15H,2,7-14H2,1H3,(H2,22,26)(H,23,28). The third-order valence-electron chi connectivity index (χ3n) is 4.89. The Morgan fingerprint density at radius 1 is 1.21 bits per heavy atom. The number of nitrogens with zero attached hydrogens (tertiary/aromatic N) is 2. The number of likely N-dealkylation sites (tertiary alicyclic amines) is 1. The molecule has 1 aliphatic rings. The lowest BCUT2D eigenvalue weighted by Gasteiger charge is -2.32. The second-order valence-corrected chi connectivity index (χ2v) is 7.08. The molecule has 0 spiro atoms. The number of hydrogen-bond donors (Lipinski definition) is 2. The first-order valence-electron chi connectivity index (χ1n) is 9.75. The third kappa shape index (κ3) is 6.60. The van der Waals surface area contributed by atoms with Crippen LogP contribution in [0.15, 0.2) is 24.3 Å². The lowest BCUT2D eigenvalue weighted by atomic mass is 9.96. The van der Waals surface area contributed by atoms with Gasteiger partial charge in [0, 0.05) is 31.1 Å². The molecule has 1 aliphatic heterocycles. The fourth-order valence-electron chi connectivity index (χ4n) is 3.26. The van der Waals surface area contributed by atoms with E-state index in [-0.39, 0.29) is 37.2 Å². The van der Waals surface area contributed by atoms with Crippen LogP contribution in [0, 0.1) is 11.7 Å². The molecule has 0 unspecified atom stereocenters. The fraction of sp³-hybridized carbons (Fsp3) is 0.550. The van der Waals surface area contributed by atoms with Gasteiger partial charge in [-0.15, -0.1) is 0 Å². The van der Waals surface area contributed by atoms with Gasteiger partial charge in [0.1, 0.15) is 5.82 Å². The van der Waals surface area contributed by atoms with Crippen molar-refractivity contribution in [3.63, 3.8) is 0 Å². The summed E-state index contributed by atoms with van der Waals surface area (Å²) in [6, 6.07) is 5.58. The van der Waals surface area contributed by atoms with Gasteiger partial charge in [-0.05, 0) is 56.6 Å². The average molecular weight is 392 g/mol. The van der Waals surface area contributed by atoms with Crippen molar-refractivity contribution in [2.24, 2.45) is 11.7 Å². The number of nitrogens with two attached hydrogens (primary N) is 1.